The molecule has 1 N–H and O–H groups in total. The minimum absolute atomic E-state index is 0.120. The van der Waals surface area contributed by atoms with Crippen LogP contribution in [0.25, 0.3) is 0 Å². The average Bonchev–Trinajstić information content (AvgIpc) is 2.80. The predicted octanol–water partition coefficient (Wildman–Crippen LogP) is 4.62. The highest BCUT2D eigenvalue weighted by Gasteiger charge is 2.32. The van der Waals surface area contributed by atoms with Gasteiger partial charge in [0.25, 0.3) is 5.91 Å². The van der Waals surface area contributed by atoms with Gasteiger partial charge in [-0.05, 0) is 60.7 Å². The van der Waals surface area contributed by atoms with Crippen molar-refractivity contribution in [1.82, 2.24) is 9.62 Å². The molecule has 2 aromatic carbocycles. The number of hydrogen-bond acceptors (Lipinski definition) is 6. The van der Waals surface area contributed by atoms with E-state index in [1.165, 1.54) is 36.4 Å². The van der Waals surface area contributed by atoms with Crippen molar-refractivity contribution in [3.05, 3.63) is 52.5 Å². The van der Waals surface area contributed by atoms with Crippen molar-refractivity contribution in [2.75, 3.05) is 33.9 Å². The molecule has 7 nitrogen and oxygen atoms in total. The summed E-state index contributed by atoms with van der Waals surface area (Å²) in [6.07, 6.45) is 0.401. The maximum Gasteiger partial charge on any atom is 0.252 e. The van der Waals surface area contributed by atoms with Crippen LogP contribution in [0.4, 0.5) is 0 Å². The Morgan fingerprint density at radius 1 is 1.12 bits per heavy atom. The maximum absolute atomic E-state index is 13.5. The van der Waals surface area contributed by atoms with E-state index >= 15 is 0 Å². The van der Waals surface area contributed by atoms with E-state index in [1.54, 1.807) is 12.1 Å². The van der Waals surface area contributed by atoms with Crippen LogP contribution in [-0.4, -0.2) is 58.8 Å². The van der Waals surface area contributed by atoms with Gasteiger partial charge < -0.3 is 14.8 Å². The number of nitrogens with zero attached hydrogens (tertiary/aromatic N) is 1. The highest BCUT2D eigenvalue weighted by Crippen LogP contribution is 2.34. The second-order valence-electron chi connectivity index (χ2n) is 8.59. The van der Waals surface area contributed by atoms with E-state index in [1.807, 2.05) is 24.3 Å². The maximum atomic E-state index is 13.5. The van der Waals surface area contributed by atoms with E-state index in [0.29, 0.717) is 18.0 Å². The van der Waals surface area contributed by atoms with E-state index < -0.39 is 22.2 Å². The molecule has 1 aliphatic heterocycles. The summed E-state index contributed by atoms with van der Waals surface area (Å²) in [4.78, 5) is 14.9. The van der Waals surface area contributed by atoms with Gasteiger partial charge in [-0.1, -0.05) is 41.5 Å². The third kappa shape index (κ3) is 6.83. The molecule has 0 bridgehead atoms. The molecular weight excluding hydrogens is 540 g/mol. The summed E-state index contributed by atoms with van der Waals surface area (Å²) in [6.45, 7) is 5.22. The third-order valence-corrected chi connectivity index (χ3v) is 9.11. The summed E-state index contributed by atoms with van der Waals surface area (Å²) in [7, 11) is -0.753. The summed E-state index contributed by atoms with van der Waals surface area (Å²) >= 11 is 4.83. The van der Waals surface area contributed by atoms with Crippen LogP contribution >= 0.6 is 27.7 Å². The molecule has 1 amide bonds. The lowest BCUT2D eigenvalue weighted by Gasteiger charge is -2.34. The number of rotatable bonds is 9. The lowest BCUT2D eigenvalue weighted by molar-refractivity contribution is -0.0974. The topological polar surface area (TPSA) is 84.9 Å². The molecule has 2 aromatic rings. The first-order valence-corrected chi connectivity index (χ1v) is 14.1. The fourth-order valence-electron chi connectivity index (χ4n) is 4.05. The minimum Gasteiger partial charge on any atom is -0.354 e. The Labute approximate surface area is 214 Å². The average molecular weight is 572 g/mol. The molecule has 0 saturated carbocycles. The van der Waals surface area contributed by atoms with E-state index in [4.69, 9.17) is 9.47 Å². The normalized spacial score (nSPS) is 19.4. The zero-order valence-electron chi connectivity index (χ0n) is 19.8. The highest BCUT2D eigenvalue weighted by molar-refractivity contribution is 9.10. The first-order valence-electron chi connectivity index (χ1n) is 11.1. The number of hydrogen-bond donors (Lipinski definition) is 1. The van der Waals surface area contributed by atoms with Crippen LogP contribution in [-0.2, 0) is 19.5 Å². The molecule has 0 aliphatic carbocycles. The Morgan fingerprint density at radius 2 is 1.74 bits per heavy atom. The zero-order chi connectivity index (χ0) is 24.9. The van der Waals surface area contributed by atoms with Gasteiger partial charge >= 0.3 is 0 Å². The fraction of sp³-hybridized carbons (Fsp3) is 0.458. The lowest BCUT2D eigenvalue weighted by Crippen LogP contribution is -2.42. The number of carbonyl (C=O) groups excluding carboxylic acids is 1. The number of ether oxygens (including phenoxy) is 2. The first kappa shape index (κ1) is 27.2. The van der Waals surface area contributed by atoms with Gasteiger partial charge in [-0.25, -0.2) is 8.42 Å². The quantitative estimate of drug-likeness (QED) is 0.443. The van der Waals surface area contributed by atoms with Crippen molar-refractivity contribution in [2.24, 2.45) is 11.8 Å². The van der Waals surface area contributed by atoms with Crippen LogP contribution in [0.1, 0.15) is 30.6 Å². The molecular formula is C24H31BrN2O5S2. The van der Waals surface area contributed by atoms with E-state index in [-0.39, 0.29) is 28.8 Å². The number of piperidine rings is 1. The number of amides is 1. The van der Waals surface area contributed by atoms with Gasteiger partial charge in [0.1, 0.15) is 0 Å². The van der Waals surface area contributed by atoms with Crippen molar-refractivity contribution in [1.29, 1.82) is 0 Å². The monoisotopic (exact) mass is 570 g/mol. The van der Waals surface area contributed by atoms with E-state index in [2.05, 4.69) is 35.1 Å². The van der Waals surface area contributed by atoms with Gasteiger partial charge in [0.2, 0.25) is 10.0 Å². The van der Waals surface area contributed by atoms with Gasteiger partial charge in [-0.15, -0.1) is 0 Å². The molecule has 1 heterocycles. The standard InChI is InChI=1S/C24H31BrN2O5S2/c1-16-11-17(2)15-27(14-16)34(29,30)20-9-10-22(33-19-7-5-18(25)6-8-19)21(12-20)24(28)26-13-23(31-3)32-4/h5-10,12,16-17,23H,11,13-15H2,1-4H3,(H,26,28)/t16-,17-/m0/s1. The number of nitrogens with one attached hydrogen (secondary N) is 1. The molecule has 1 aliphatic rings. The van der Waals surface area contributed by atoms with Gasteiger partial charge in [0.15, 0.2) is 6.29 Å². The van der Waals surface area contributed by atoms with E-state index in [0.717, 1.165) is 15.8 Å². The van der Waals surface area contributed by atoms with Crippen molar-refractivity contribution in [2.45, 2.75) is 41.2 Å². The summed E-state index contributed by atoms with van der Waals surface area (Å²) < 4.78 is 39.7. The highest BCUT2D eigenvalue weighted by atomic mass is 79.9. The molecule has 1 saturated heterocycles. The van der Waals surface area contributed by atoms with Crippen LogP contribution in [0.15, 0.2) is 61.6 Å². The molecule has 0 radical (unpaired) electrons. The van der Waals surface area contributed by atoms with Crippen molar-refractivity contribution in [3.8, 4) is 0 Å². The molecule has 34 heavy (non-hydrogen) atoms. The lowest BCUT2D eigenvalue weighted by atomic mass is 9.94. The van der Waals surface area contributed by atoms with Crippen LogP contribution in [0.5, 0.6) is 0 Å². The van der Waals surface area contributed by atoms with Crippen LogP contribution in [0, 0.1) is 11.8 Å². The minimum atomic E-state index is -3.73. The summed E-state index contributed by atoms with van der Waals surface area (Å²) in [5.41, 5.74) is 0.290. The second kappa shape index (κ2) is 12.0. The van der Waals surface area contributed by atoms with E-state index in [9.17, 15) is 13.2 Å². The van der Waals surface area contributed by atoms with Crippen molar-refractivity contribution >= 4 is 43.6 Å². The predicted molar refractivity (Wildman–Crippen MR) is 137 cm³/mol. The molecule has 1 fully saturated rings. The summed E-state index contributed by atoms with van der Waals surface area (Å²) in [6, 6.07) is 12.5. The number of sulfonamides is 1. The van der Waals surface area contributed by atoms with Gasteiger partial charge in [0, 0.05) is 41.6 Å². The van der Waals surface area contributed by atoms with Crippen molar-refractivity contribution < 1.29 is 22.7 Å². The molecule has 0 aromatic heterocycles. The van der Waals surface area contributed by atoms with Gasteiger partial charge in [0.05, 0.1) is 17.0 Å². The number of methoxy groups -OCH3 is 2. The Hall–Kier alpha value is -1.43. The molecule has 0 spiro atoms. The largest absolute Gasteiger partial charge is 0.354 e. The third-order valence-electron chi connectivity index (χ3n) is 5.67. The molecule has 10 heteroatoms. The van der Waals surface area contributed by atoms with Gasteiger partial charge in [-0.2, -0.15) is 4.31 Å². The number of halogens is 1. The van der Waals surface area contributed by atoms with Crippen LogP contribution < -0.4 is 5.32 Å². The second-order valence-corrected chi connectivity index (χ2v) is 12.6. The molecule has 2 atom stereocenters. The Kier molecular flexibility index (Phi) is 9.59. The van der Waals surface area contributed by atoms with Crippen LogP contribution in [0.2, 0.25) is 0 Å². The first-order chi connectivity index (χ1) is 16.1. The Balaban J connectivity index is 1.95. The molecule has 0 unspecified atom stereocenters. The van der Waals surface area contributed by atoms with Gasteiger partial charge in [-0.3, -0.25) is 4.79 Å². The molecule has 186 valence electrons. The summed E-state index contributed by atoms with van der Waals surface area (Å²) in [5, 5.41) is 2.79. The van der Waals surface area contributed by atoms with Crippen molar-refractivity contribution in [3.63, 3.8) is 0 Å². The smallest absolute Gasteiger partial charge is 0.252 e. The zero-order valence-corrected chi connectivity index (χ0v) is 23.0. The fourth-order valence-corrected chi connectivity index (χ4v) is 6.95. The number of benzene rings is 2. The Bertz CT molecular complexity index is 1080. The summed E-state index contributed by atoms with van der Waals surface area (Å²) in [5.74, 6) is 0.179. The van der Waals surface area contributed by atoms with Crippen LogP contribution in [0.3, 0.4) is 0 Å². The SMILES string of the molecule is COC(CNC(=O)c1cc(S(=O)(=O)N2C[C@@H](C)C[C@H](C)C2)ccc1Sc1ccc(Br)cc1)OC. The Morgan fingerprint density at radius 3 is 2.32 bits per heavy atom. The number of carbonyl (C=O) groups is 1. The molecule has 3 rings (SSSR count).